The topological polar surface area (TPSA) is 38.9 Å². The van der Waals surface area contributed by atoms with Gasteiger partial charge in [0.05, 0.1) is 5.69 Å². The van der Waals surface area contributed by atoms with Gasteiger partial charge in [-0.1, -0.05) is 36.4 Å². The van der Waals surface area contributed by atoms with Crippen molar-refractivity contribution in [2.24, 2.45) is 5.73 Å². The second kappa shape index (κ2) is 6.23. The van der Waals surface area contributed by atoms with Gasteiger partial charge in [0.2, 0.25) is 0 Å². The summed E-state index contributed by atoms with van der Waals surface area (Å²) < 4.78 is 0. The first-order valence-electron chi connectivity index (χ1n) is 5.84. The van der Waals surface area contributed by atoms with Crippen molar-refractivity contribution < 1.29 is 0 Å². The van der Waals surface area contributed by atoms with E-state index in [2.05, 4.69) is 11.9 Å². The predicted octanol–water partition coefficient (Wildman–Crippen LogP) is 4.30. The summed E-state index contributed by atoms with van der Waals surface area (Å²) in [5, 5.41) is 0.748. The van der Waals surface area contributed by atoms with E-state index in [-0.39, 0.29) is 6.04 Å². The Morgan fingerprint density at radius 1 is 1.28 bits per heavy atom. The molecule has 2 nitrogen and oxygen atoms in total. The zero-order valence-corrected chi connectivity index (χ0v) is 11.7. The molecule has 0 aliphatic rings. The van der Waals surface area contributed by atoms with Gasteiger partial charge in [0.1, 0.15) is 0 Å². The average Bonchev–Trinajstić information content (AvgIpc) is 2.39. The van der Waals surface area contributed by atoms with E-state index in [9.17, 15) is 0 Å². The minimum absolute atomic E-state index is 0.0234. The van der Waals surface area contributed by atoms with Crippen molar-refractivity contribution in [3.8, 4) is 0 Å². The van der Waals surface area contributed by atoms with Crippen LogP contribution >= 0.6 is 23.4 Å². The molecule has 4 heteroatoms. The third-order valence-corrected chi connectivity index (χ3v) is 3.81. The number of halogens is 1. The largest absolute Gasteiger partial charge is 0.323 e. The molecule has 2 rings (SSSR count). The van der Waals surface area contributed by atoms with Crippen molar-refractivity contribution in [3.63, 3.8) is 0 Å². The lowest BCUT2D eigenvalue weighted by Crippen LogP contribution is -2.10. The molecular weight excluding hydrogens is 264 g/mol. The Hall–Kier alpha value is -1.03. The van der Waals surface area contributed by atoms with Gasteiger partial charge in [-0.25, -0.2) is 0 Å². The van der Waals surface area contributed by atoms with Gasteiger partial charge < -0.3 is 5.73 Å². The zero-order chi connectivity index (χ0) is 13.0. The molecule has 0 bridgehead atoms. The molecule has 0 radical (unpaired) electrons. The van der Waals surface area contributed by atoms with Crippen LogP contribution in [0.1, 0.15) is 25.1 Å². The molecule has 1 aromatic carbocycles. The van der Waals surface area contributed by atoms with Crippen LogP contribution in [-0.2, 0) is 0 Å². The lowest BCUT2D eigenvalue weighted by molar-refractivity contribution is 0.674. The number of pyridine rings is 1. The Morgan fingerprint density at radius 3 is 2.72 bits per heavy atom. The van der Waals surface area contributed by atoms with Crippen LogP contribution in [0, 0.1) is 0 Å². The van der Waals surface area contributed by atoms with Crippen molar-refractivity contribution in [3.05, 3.63) is 53.3 Å². The van der Waals surface area contributed by atoms with Crippen molar-refractivity contribution in [2.45, 2.75) is 29.2 Å². The average molecular weight is 279 g/mol. The maximum atomic E-state index is 5.95. The van der Waals surface area contributed by atoms with Gasteiger partial charge in [0.25, 0.3) is 0 Å². The quantitative estimate of drug-likeness (QED) is 0.906. The van der Waals surface area contributed by atoms with E-state index >= 15 is 0 Å². The van der Waals surface area contributed by atoms with E-state index in [1.165, 1.54) is 0 Å². The summed E-state index contributed by atoms with van der Waals surface area (Å²) in [7, 11) is 0. The summed E-state index contributed by atoms with van der Waals surface area (Å²) >= 11 is 7.59. The van der Waals surface area contributed by atoms with Gasteiger partial charge in [-0.2, -0.15) is 0 Å². The third kappa shape index (κ3) is 3.48. The molecule has 0 aliphatic heterocycles. The van der Waals surface area contributed by atoms with Crippen molar-refractivity contribution in [1.82, 2.24) is 4.98 Å². The first kappa shape index (κ1) is 13.4. The number of hydrogen-bond donors (Lipinski definition) is 1. The zero-order valence-electron chi connectivity index (χ0n) is 10.1. The maximum Gasteiger partial charge on any atom is 0.0571 e. The van der Waals surface area contributed by atoms with Crippen molar-refractivity contribution in [2.75, 3.05) is 0 Å². The summed E-state index contributed by atoms with van der Waals surface area (Å²) in [5.74, 6) is 0. The maximum absolute atomic E-state index is 5.95. The highest BCUT2D eigenvalue weighted by molar-refractivity contribution is 7.99. The third-order valence-electron chi connectivity index (χ3n) is 2.61. The molecule has 0 spiro atoms. The highest BCUT2D eigenvalue weighted by Crippen LogP contribution is 2.29. The van der Waals surface area contributed by atoms with Crippen LogP contribution < -0.4 is 5.73 Å². The monoisotopic (exact) mass is 278 g/mol. The van der Waals surface area contributed by atoms with Crippen LogP contribution in [0.4, 0.5) is 0 Å². The number of hydrogen-bond acceptors (Lipinski definition) is 3. The van der Waals surface area contributed by atoms with Gasteiger partial charge in [-0.15, -0.1) is 0 Å². The Labute approximate surface area is 117 Å². The number of nitrogens with two attached hydrogens (primary N) is 1. The molecule has 0 saturated heterocycles. The van der Waals surface area contributed by atoms with Gasteiger partial charge in [-0.3, -0.25) is 4.98 Å². The predicted molar refractivity (Wildman–Crippen MR) is 77.0 cm³/mol. The summed E-state index contributed by atoms with van der Waals surface area (Å²) in [6.07, 6.45) is 2.75. The minimum atomic E-state index is 0.0234. The van der Waals surface area contributed by atoms with E-state index in [0.717, 1.165) is 26.9 Å². The molecule has 2 N–H and O–H groups in total. The van der Waals surface area contributed by atoms with E-state index < -0.39 is 0 Å². The van der Waals surface area contributed by atoms with Gasteiger partial charge in [-0.05, 0) is 36.8 Å². The molecule has 0 aliphatic carbocycles. The molecule has 0 amide bonds. The van der Waals surface area contributed by atoms with Crippen LogP contribution in [0.15, 0.2) is 52.4 Å². The Balaban J connectivity index is 2.11. The molecule has 1 atom stereocenters. The fourth-order valence-electron chi connectivity index (χ4n) is 1.55. The Morgan fingerprint density at radius 2 is 2.11 bits per heavy atom. The lowest BCUT2D eigenvalue weighted by atomic mass is 10.1. The number of rotatable bonds is 4. The standard InChI is InChI=1S/C14H15ClN2S/c1-2-13(16)14-7-6-12(9-17-14)18-11-5-3-4-10(15)8-11/h3-9,13H,2,16H2,1H3/t13-/m1/s1. The minimum Gasteiger partial charge on any atom is -0.323 e. The molecule has 1 heterocycles. The molecule has 2 aromatic rings. The number of nitrogens with zero attached hydrogens (tertiary/aromatic N) is 1. The first-order chi connectivity index (χ1) is 8.69. The molecule has 94 valence electrons. The molecule has 18 heavy (non-hydrogen) atoms. The summed E-state index contributed by atoms with van der Waals surface area (Å²) in [6.45, 7) is 2.06. The van der Waals surface area contributed by atoms with Crippen molar-refractivity contribution >= 4 is 23.4 Å². The number of aromatic nitrogens is 1. The second-order valence-electron chi connectivity index (χ2n) is 3.99. The van der Waals surface area contributed by atoms with Crippen LogP contribution in [-0.4, -0.2) is 4.98 Å². The Kier molecular flexibility index (Phi) is 4.64. The highest BCUT2D eigenvalue weighted by atomic mass is 35.5. The first-order valence-corrected chi connectivity index (χ1v) is 7.03. The summed E-state index contributed by atoms with van der Waals surface area (Å²) in [4.78, 5) is 6.58. The fourth-order valence-corrected chi connectivity index (χ4v) is 2.65. The smallest absolute Gasteiger partial charge is 0.0571 e. The van der Waals surface area contributed by atoms with Crippen LogP contribution in [0.5, 0.6) is 0 Å². The van der Waals surface area contributed by atoms with E-state index in [4.69, 9.17) is 17.3 Å². The van der Waals surface area contributed by atoms with Crippen LogP contribution in [0.2, 0.25) is 5.02 Å². The fraction of sp³-hybridized carbons (Fsp3) is 0.214. The summed E-state index contributed by atoms with van der Waals surface area (Å²) in [6, 6.07) is 11.8. The lowest BCUT2D eigenvalue weighted by Gasteiger charge is -2.08. The van der Waals surface area contributed by atoms with Gasteiger partial charge in [0, 0.05) is 27.1 Å². The molecule has 0 saturated carbocycles. The summed E-state index contributed by atoms with van der Waals surface area (Å²) in [5.41, 5.74) is 6.87. The van der Waals surface area contributed by atoms with Gasteiger partial charge >= 0.3 is 0 Å². The van der Waals surface area contributed by atoms with Crippen molar-refractivity contribution in [1.29, 1.82) is 0 Å². The van der Waals surface area contributed by atoms with E-state index in [0.29, 0.717) is 0 Å². The molecule has 1 aromatic heterocycles. The van der Waals surface area contributed by atoms with E-state index in [1.807, 2.05) is 42.6 Å². The highest BCUT2D eigenvalue weighted by Gasteiger charge is 2.05. The number of benzene rings is 1. The molecular formula is C14H15ClN2S. The molecule has 0 fully saturated rings. The normalized spacial score (nSPS) is 12.4. The Bertz CT molecular complexity index is 513. The second-order valence-corrected chi connectivity index (χ2v) is 5.58. The van der Waals surface area contributed by atoms with Crippen LogP contribution in [0.25, 0.3) is 0 Å². The van der Waals surface area contributed by atoms with Gasteiger partial charge in [0.15, 0.2) is 0 Å². The SMILES string of the molecule is CC[C@@H](N)c1ccc(Sc2cccc(Cl)c2)cn1. The molecule has 0 unspecified atom stereocenters. The van der Waals surface area contributed by atoms with Crippen LogP contribution in [0.3, 0.4) is 0 Å². The van der Waals surface area contributed by atoms with E-state index in [1.54, 1.807) is 11.8 Å².